The number of aryl methyl sites for hydroxylation is 3. The van der Waals surface area contributed by atoms with E-state index in [0.717, 1.165) is 34.9 Å². The molecule has 0 radical (unpaired) electrons. The number of hydrogen-bond acceptors (Lipinski definition) is 6. The predicted molar refractivity (Wildman–Crippen MR) is 151 cm³/mol. The zero-order valence-electron chi connectivity index (χ0n) is 21.6. The van der Waals surface area contributed by atoms with Crippen LogP contribution in [0.2, 0.25) is 0 Å². The van der Waals surface area contributed by atoms with E-state index in [0.29, 0.717) is 18.7 Å². The number of carboxylic acid groups (broad SMARTS) is 1. The van der Waals surface area contributed by atoms with Gasteiger partial charge in [-0.25, -0.2) is 15.0 Å². The van der Waals surface area contributed by atoms with Crippen molar-refractivity contribution in [1.82, 2.24) is 19.5 Å². The largest absolute Gasteiger partial charge is 0.481 e. The Hall–Kier alpha value is -4.72. The number of imidazole rings is 1. The van der Waals surface area contributed by atoms with E-state index in [2.05, 4.69) is 82.6 Å². The first kappa shape index (κ1) is 26.3. The third-order valence-corrected chi connectivity index (χ3v) is 6.03. The van der Waals surface area contributed by atoms with Gasteiger partial charge in [0.2, 0.25) is 0 Å². The molecule has 0 aliphatic rings. The van der Waals surface area contributed by atoms with Gasteiger partial charge >= 0.3 is 5.97 Å². The van der Waals surface area contributed by atoms with Crippen molar-refractivity contribution in [3.8, 4) is 0 Å². The molecule has 38 heavy (non-hydrogen) atoms. The van der Waals surface area contributed by atoms with Crippen LogP contribution in [-0.4, -0.2) is 30.6 Å². The zero-order valence-corrected chi connectivity index (χ0v) is 21.6. The highest BCUT2D eigenvalue weighted by Crippen LogP contribution is 2.18. The van der Waals surface area contributed by atoms with Gasteiger partial charge in [-0.05, 0) is 49.2 Å². The maximum Gasteiger partial charge on any atom is 0.303 e. The SMILES string of the molecule is Cc1ccc(CNc2ncccc2N)cc1.Cc1ccc(Cn2c(CCC(=O)O)nc3cccnc32)cc1. The summed E-state index contributed by atoms with van der Waals surface area (Å²) in [5.74, 6) is 0.682. The number of aliphatic carboxylic acids is 1. The average molecular weight is 509 g/mol. The van der Waals surface area contributed by atoms with Gasteiger partial charge in [-0.15, -0.1) is 0 Å². The van der Waals surface area contributed by atoms with Gasteiger partial charge in [-0.2, -0.15) is 0 Å². The number of pyridine rings is 2. The van der Waals surface area contributed by atoms with E-state index >= 15 is 0 Å². The number of carbonyl (C=O) groups is 1. The molecule has 8 heteroatoms. The summed E-state index contributed by atoms with van der Waals surface area (Å²) in [7, 11) is 0. The van der Waals surface area contributed by atoms with Gasteiger partial charge in [0.05, 0.1) is 18.7 Å². The van der Waals surface area contributed by atoms with Gasteiger partial charge < -0.3 is 20.7 Å². The number of nitrogens with one attached hydrogen (secondary N) is 1. The minimum Gasteiger partial charge on any atom is -0.481 e. The van der Waals surface area contributed by atoms with Gasteiger partial charge in [0.15, 0.2) is 5.65 Å². The third kappa shape index (κ3) is 7.16. The molecule has 3 heterocycles. The van der Waals surface area contributed by atoms with Crippen LogP contribution in [0.1, 0.15) is 34.5 Å². The number of hydrogen-bond donors (Lipinski definition) is 3. The molecule has 5 aromatic rings. The Morgan fingerprint density at radius 1 is 0.895 bits per heavy atom. The van der Waals surface area contributed by atoms with Crippen LogP contribution < -0.4 is 11.1 Å². The summed E-state index contributed by atoms with van der Waals surface area (Å²) in [5, 5.41) is 12.1. The second-order valence-electron chi connectivity index (χ2n) is 9.12. The number of nitrogens with zero attached hydrogens (tertiary/aromatic N) is 4. The predicted octanol–water partition coefficient (Wildman–Crippen LogP) is 5.39. The van der Waals surface area contributed by atoms with Gasteiger partial charge in [0.1, 0.15) is 17.2 Å². The first-order chi connectivity index (χ1) is 18.4. The van der Waals surface area contributed by atoms with Crippen LogP contribution in [0.3, 0.4) is 0 Å². The van der Waals surface area contributed by atoms with E-state index in [1.54, 1.807) is 12.4 Å². The molecule has 0 aliphatic carbocycles. The number of aromatic nitrogens is 4. The van der Waals surface area contributed by atoms with Crippen molar-refractivity contribution >= 4 is 28.6 Å². The number of nitrogen functional groups attached to an aromatic ring is 1. The van der Waals surface area contributed by atoms with E-state index in [1.807, 2.05) is 28.8 Å². The van der Waals surface area contributed by atoms with Crippen LogP contribution in [0.4, 0.5) is 11.5 Å². The molecule has 5 rings (SSSR count). The fourth-order valence-corrected chi connectivity index (χ4v) is 3.91. The van der Waals surface area contributed by atoms with E-state index in [9.17, 15) is 4.79 Å². The van der Waals surface area contributed by atoms with Crippen LogP contribution in [0.25, 0.3) is 11.2 Å². The van der Waals surface area contributed by atoms with Gasteiger partial charge in [0, 0.05) is 25.4 Å². The zero-order chi connectivity index (χ0) is 26.9. The number of carboxylic acids is 1. The molecule has 0 amide bonds. The molecule has 0 atom stereocenters. The number of anilines is 2. The highest BCUT2D eigenvalue weighted by atomic mass is 16.4. The molecule has 0 fully saturated rings. The molecule has 3 aromatic heterocycles. The van der Waals surface area contributed by atoms with Crippen LogP contribution in [0, 0.1) is 13.8 Å². The normalized spacial score (nSPS) is 10.6. The van der Waals surface area contributed by atoms with E-state index < -0.39 is 5.97 Å². The number of benzene rings is 2. The summed E-state index contributed by atoms with van der Waals surface area (Å²) >= 11 is 0. The first-order valence-electron chi connectivity index (χ1n) is 12.5. The minimum absolute atomic E-state index is 0.0667. The molecule has 8 nitrogen and oxygen atoms in total. The monoisotopic (exact) mass is 508 g/mol. The van der Waals surface area contributed by atoms with Gasteiger partial charge in [-0.3, -0.25) is 4.79 Å². The standard InChI is InChI=1S/C17H17N3O2.C13H15N3/c1-12-4-6-13(7-5-12)11-20-15(8-9-16(21)22)19-14-3-2-10-18-17(14)20;1-10-4-6-11(7-5-10)9-16-13-12(14)3-2-8-15-13/h2-7,10H,8-9,11H2,1H3,(H,21,22);2-8H,9,14H2,1H3,(H,15,16). The third-order valence-electron chi connectivity index (χ3n) is 6.03. The highest BCUT2D eigenvalue weighted by Gasteiger charge is 2.13. The van der Waals surface area contributed by atoms with Gasteiger partial charge in [0.25, 0.3) is 0 Å². The van der Waals surface area contributed by atoms with Gasteiger partial charge in [-0.1, -0.05) is 59.7 Å². The lowest BCUT2D eigenvalue weighted by Gasteiger charge is -2.08. The van der Waals surface area contributed by atoms with Crippen molar-refractivity contribution in [1.29, 1.82) is 0 Å². The van der Waals surface area contributed by atoms with E-state index in [-0.39, 0.29) is 6.42 Å². The Balaban J connectivity index is 0.000000186. The Kier molecular flexibility index (Phi) is 8.66. The van der Waals surface area contributed by atoms with Crippen LogP contribution in [0.5, 0.6) is 0 Å². The van der Waals surface area contributed by atoms with Crippen molar-refractivity contribution < 1.29 is 9.90 Å². The topological polar surface area (TPSA) is 119 Å². The maximum absolute atomic E-state index is 10.8. The first-order valence-corrected chi connectivity index (χ1v) is 12.5. The lowest BCUT2D eigenvalue weighted by molar-refractivity contribution is -0.137. The fourth-order valence-electron chi connectivity index (χ4n) is 3.91. The smallest absolute Gasteiger partial charge is 0.303 e. The molecule has 0 bridgehead atoms. The molecule has 2 aromatic carbocycles. The van der Waals surface area contributed by atoms with Crippen molar-refractivity contribution in [2.45, 2.75) is 39.8 Å². The van der Waals surface area contributed by atoms with Crippen molar-refractivity contribution in [3.05, 3.63) is 113 Å². The Labute approximate surface area is 222 Å². The van der Waals surface area contributed by atoms with E-state index in [1.165, 1.54) is 16.7 Å². The molecular formula is C30H32N6O2. The summed E-state index contributed by atoms with van der Waals surface area (Å²) in [5.41, 5.74) is 12.9. The Morgan fingerprint density at radius 2 is 1.53 bits per heavy atom. The molecule has 194 valence electrons. The van der Waals surface area contributed by atoms with Crippen LogP contribution in [-0.2, 0) is 24.3 Å². The Bertz CT molecular complexity index is 1490. The molecule has 0 saturated heterocycles. The maximum atomic E-state index is 10.8. The molecule has 0 aliphatic heterocycles. The fraction of sp³-hybridized carbons (Fsp3) is 0.200. The summed E-state index contributed by atoms with van der Waals surface area (Å²) in [6.07, 6.45) is 3.93. The van der Waals surface area contributed by atoms with Crippen LogP contribution in [0.15, 0.2) is 85.2 Å². The highest BCUT2D eigenvalue weighted by molar-refractivity contribution is 5.72. The second kappa shape index (κ2) is 12.5. The number of fused-ring (bicyclic) bond motifs is 1. The molecule has 4 N–H and O–H groups in total. The second-order valence-corrected chi connectivity index (χ2v) is 9.12. The molecule has 0 spiro atoms. The lowest BCUT2D eigenvalue weighted by Crippen LogP contribution is -2.08. The molecule has 0 saturated carbocycles. The average Bonchev–Trinajstić information content (AvgIpc) is 3.27. The number of nitrogens with two attached hydrogens (primary N) is 1. The molecule has 0 unspecified atom stereocenters. The summed E-state index contributed by atoms with van der Waals surface area (Å²) in [4.78, 5) is 23.9. The van der Waals surface area contributed by atoms with Crippen molar-refractivity contribution in [2.24, 2.45) is 0 Å². The quantitative estimate of drug-likeness (QED) is 0.257. The minimum atomic E-state index is -0.818. The lowest BCUT2D eigenvalue weighted by atomic mass is 10.1. The van der Waals surface area contributed by atoms with Crippen LogP contribution >= 0.6 is 0 Å². The summed E-state index contributed by atoms with van der Waals surface area (Å²) < 4.78 is 2.00. The summed E-state index contributed by atoms with van der Waals surface area (Å²) in [6.45, 7) is 5.51. The van der Waals surface area contributed by atoms with E-state index in [4.69, 9.17) is 10.8 Å². The summed E-state index contributed by atoms with van der Waals surface area (Å²) in [6, 6.07) is 24.1. The number of rotatable bonds is 8. The molecular weight excluding hydrogens is 476 g/mol. The Morgan fingerprint density at radius 3 is 2.18 bits per heavy atom. The van der Waals surface area contributed by atoms with Crippen molar-refractivity contribution in [3.63, 3.8) is 0 Å². The van der Waals surface area contributed by atoms with Crippen molar-refractivity contribution in [2.75, 3.05) is 11.1 Å².